The lowest BCUT2D eigenvalue weighted by Gasteiger charge is -2.07. The molecule has 0 bridgehead atoms. The molecule has 0 aliphatic rings. The number of hydrogen-bond donors (Lipinski definition) is 2. The fourth-order valence-corrected chi connectivity index (χ4v) is 1.55. The molecule has 1 unspecified atom stereocenters. The van der Waals surface area contributed by atoms with Crippen molar-refractivity contribution in [1.29, 1.82) is 0 Å². The highest BCUT2D eigenvalue weighted by molar-refractivity contribution is 6.33. The van der Waals surface area contributed by atoms with Crippen LogP contribution in [0.4, 0.5) is 0 Å². The van der Waals surface area contributed by atoms with Gasteiger partial charge >= 0.3 is 0 Å². The second-order valence-electron chi connectivity index (χ2n) is 3.39. The van der Waals surface area contributed by atoms with Crippen LogP contribution >= 0.6 is 23.2 Å². The number of aliphatic hydroxyl groups excluding tert-OH is 1. The first kappa shape index (κ1) is 13.2. The number of amides is 1. The summed E-state index contributed by atoms with van der Waals surface area (Å²) in [6.45, 7) is 2.06. The third-order valence-corrected chi connectivity index (χ3v) is 2.26. The molecule has 0 saturated carbocycles. The molecule has 0 saturated heterocycles. The first-order chi connectivity index (χ1) is 7.49. The average Bonchev–Trinajstić information content (AvgIpc) is 2.15. The highest BCUT2D eigenvalue weighted by Gasteiger charge is 2.08. The first-order valence-electron chi connectivity index (χ1n) is 4.78. The van der Waals surface area contributed by atoms with E-state index in [1.807, 2.05) is 0 Å². The maximum Gasteiger partial charge on any atom is 0.251 e. The van der Waals surface area contributed by atoms with Gasteiger partial charge in [0.05, 0.1) is 6.10 Å². The van der Waals surface area contributed by atoms with Gasteiger partial charge in [0.15, 0.2) is 0 Å². The minimum atomic E-state index is -0.440. The molecule has 0 spiro atoms. The number of pyridine rings is 1. The van der Waals surface area contributed by atoms with Crippen LogP contribution in [0.1, 0.15) is 23.7 Å². The number of halogens is 2. The number of nitrogens with one attached hydrogen (secondary N) is 1. The van der Waals surface area contributed by atoms with E-state index in [1.165, 1.54) is 12.1 Å². The topological polar surface area (TPSA) is 62.2 Å². The van der Waals surface area contributed by atoms with Crippen molar-refractivity contribution in [2.45, 2.75) is 19.4 Å². The predicted molar refractivity (Wildman–Crippen MR) is 62.9 cm³/mol. The summed E-state index contributed by atoms with van der Waals surface area (Å²) in [4.78, 5) is 15.3. The number of nitrogens with zero attached hydrogens (tertiary/aromatic N) is 1. The molecular weight excluding hydrogens is 251 g/mol. The number of rotatable bonds is 4. The van der Waals surface area contributed by atoms with Crippen molar-refractivity contribution < 1.29 is 9.90 Å². The van der Waals surface area contributed by atoms with Gasteiger partial charge in [-0.2, -0.15) is 0 Å². The number of carbonyl (C=O) groups is 1. The van der Waals surface area contributed by atoms with Crippen molar-refractivity contribution >= 4 is 29.1 Å². The molecule has 16 heavy (non-hydrogen) atoms. The maximum absolute atomic E-state index is 11.6. The monoisotopic (exact) mass is 262 g/mol. The normalized spacial score (nSPS) is 12.2. The van der Waals surface area contributed by atoms with E-state index < -0.39 is 6.10 Å². The molecule has 88 valence electrons. The van der Waals surface area contributed by atoms with Crippen molar-refractivity contribution in [3.63, 3.8) is 0 Å². The van der Waals surface area contributed by atoms with Crippen LogP contribution in [0.15, 0.2) is 12.1 Å². The average molecular weight is 263 g/mol. The molecule has 1 rings (SSSR count). The molecular formula is C10H12Cl2N2O2. The van der Waals surface area contributed by atoms with Gasteiger partial charge in [-0.25, -0.2) is 4.98 Å². The highest BCUT2D eigenvalue weighted by Crippen LogP contribution is 2.14. The predicted octanol–water partition coefficient (Wildman–Crippen LogP) is 1.89. The van der Waals surface area contributed by atoms with Gasteiger partial charge in [-0.15, -0.1) is 0 Å². The Hall–Kier alpha value is -0.840. The molecule has 1 aromatic rings. The minimum absolute atomic E-state index is 0.174. The Morgan fingerprint density at radius 1 is 1.50 bits per heavy atom. The first-order valence-corrected chi connectivity index (χ1v) is 5.54. The SMILES string of the molecule is CC(O)CCNC(=O)c1cc(Cl)nc(Cl)c1. The van der Waals surface area contributed by atoms with Crippen LogP contribution in [0.5, 0.6) is 0 Å². The molecule has 0 aliphatic heterocycles. The van der Waals surface area contributed by atoms with Gasteiger partial charge in [0.2, 0.25) is 0 Å². The van der Waals surface area contributed by atoms with Gasteiger partial charge in [0.1, 0.15) is 10.3 Å². The van der Waals surface area contributed by atoms with Crippen molar-refractivity contribution in [2.75, 3.05) is 6.54 Å². The lowest BCUT2D eigenvalue weighted by molar-refractivity contribution is 0.0945. The molecule has 1 amide bonds. The Balaban J connectivity index is 2.59. The van der Waals surface area contributed by atoms with E-state index >= 15 is 0 Å². The number of aromatic nitrogens is 1. The zero-order valence-corrected chi connectivity index (χ0v) is 10.2. The van der Waals surface area contributed by atoms with Crippen LogP contribution in [0.25, 0.3) is 0 Å². The van der Waals surface area contributed by atoms with Crippen molar-refractivity contribution in [3.8, 4) is 0 Å². The minimum Gasteiger partial charge on any atom is -0.393 e. The van der Waals surface area contributed by atoms with Gasteiger partial charge in [-0.05, 0) is 25.5 Å². The van der Waals surface area contributed by atoms with Gasteiger partial charge in [0.25, 0.3) is 5.91 Å². The molecule has 2 N–H and O–H groups in total. The quantitative estimate of drug-likeness (QED) is 0.815. The number of hydrogen-bond acceptors (Lipinski definition) is 3. The Labute approximate surface area is 104 Å². The third kappa shape index (κ3) is 4.35. The van der Waals surface area contributed by atoms with Crippen LogP contribution in [0.3, 0.4) is 0 Å². The number of aliphatic hydroxyl groups is 1. The zero-order chi connectivity index (χ0) is 12.1. The lowest BCUT2D eigenvalue weighted by Crippen LogP contribution is -2.26. The summed E-state index contributed by atoms with van der Waals surface area (Å²) in [6, 6.07) is 2.87. The van der Waals surface area contributed by atoms with E-state index in [4.69, 9.17) is 28.3 Å². The summed E-state index contributed by atoms with van der Waals surface area (Å²) in [5.41, 5.74) is 0.357. The van der Waals surface area contributed by atoms with Crippen LogP contribution in [0, 0.1) is 0 Å². The van der Waals surface area contributed by atoms with E-state index in [2.05, 4.69) is 10.3 Å². The summed E-state index contributed by atoms with van der Waals surface area (Å²) in [5.74, 6) is -0.285. The van der Waals surface area contributed by atoms with Crippen LogP contribution in [0.2, 0.25) is 10.3 Å². The summed E-state index contributed by atoms with van der Waals surface area (Å²) in [5, 5.41) is 12.0. The molecule has 0 aromatic carbocycles. The van der Waals surface area contributed by atoms with Crippen LogP contribution in [-0.4, -0.2) is 28.6 Å². The molecule has 1 atom stereocenters. The number of carbonyl (C=O) groups excluding carboxylic acids is 1. The summed E-state index contributed by atoms with van der Waals surface area (Å²) >= 11 is 11.3. The van der Waals surface area contributed by atoms with Gasteiger partial charge in [0, 0.05) is 12.1 Å². The molecule has 0 fully saturated rings. The Bertz CT molecular complexity index is 363. The molecule has 4 nitrogen and oxygen atoms in total. The van der Waals surface area contributed by atoms with Crippen LogP contribution < -0.4 is 5.32 Å². The van der Waals surface area contributed by atoms with E-state index in [0.717, 1.165) is 0 Å². The molecule has 1 heterocycles. The van der Waals surface area contributed by atoms with Crippen LogP contribution in [-0.2, 0) is 0 Å². The van der Waals surface area contributed by atoms with E-state index in [9.17, 15) is 4.79 Å². The molecule has 0 radical (unpaired) electrons. The third-order valence-electron chi connectivity index (χ3n) is 1.87. The second-order valence-corrected chi connectivity index (χ2v) is 4.17. The summed E-state index contributed by atoms with van der Waals surface area (Å²) in [7, 11) is 0. The van der Waals surface area contributed by atoms with Crippen molar-refractivity contribution in [2.24, 2.45) is 0 Å². The largest absolute Gasteiger partial charge is 0.393 e. The smallest absolute Gasteiger partial charge is 0.251 e. The zero-order valence-electron chi connectivity index (χ0n) is 8.70. The molecule has 6 heteroatoms. The Morgan fingerprint density at radius 3 is 2.56 bits per heavy atom. The second kappa shape index (κ2) is 6.03. The lowest BCUT2D eigenvalue weighted by atomic mass is 10.2. The summed E-state index contributed by atoms with van der Waals surface area (Å²) < 4.78 is 0. The van der Waals surface area contributed by atoms with Gasteiger partial charge in [-0.3, -0.25) is 4.79 Å². The highest BCUT2D eigenvalue weighted by atomic mass is 35.5. The maximum atomic E-state index is 11.6. The molecule has 0 aliphatic carbocycles. The van der Waals surface area contributed by atoms with E-state index in [1.54, 1.807) is 6.92 Å². The van der Waals surface area contributed by atoms with E-state index in [0.29, 0.717) is 18.5 Å². The fourth-order valence-electron chi connectivity index (χ4n) is 1.09. The van der Waals surface area contributed by atoms with E-state index in [-0.39, 0.29) is 16.2 Å². The summed E-state index contributed by atoms with van der Waals surface area (Å²) in [6.07, 6.45) is 0.0584. The fraction of sp³-hybridized carbons (Fsp3) is 0.400. The molecule has 1 aromatic heterocycles. The van der Waals surface area contributed by atoms with Gasteiger partial charge < -0.3 is 10.4 Å². The van der Waals surface area contributed by atoms with Gasteiger partial charge in [-0.1, -0.05) is 23.2 Å². The van der Waals surface area contributed by atoms with Crippen molar-refractivity contribution in [3.05, 3.63) is 28.0 Å². The van der Waals surface area contributed by atoms with Crippen molar-refractivity contribution in [1.82, 2.24) is 10.3 Å². The Morgan fingerprint density at radius 2 is 2.06 bits per heavy atom. The Kier molecular flexibility index (Phi) is 4.99. The standard InChI is InChI=1S/C10H12Cl2N2O2/c1-6(15)2-3-13-10(16)7-4-8(11)14-9(12)5-7/h4-6,15H,2-3H2,1H3,(H,13,16).